The zero-order valence-corrected chi connectivity index (χ0v) is 18.5. The molecule has 1 saturated heterocycles. The van der Waals surface area contributed by atoms with E-state index in [-0.39, 0.29) is 24.9 Å². The minimum Gasteiger partial charge on any atom is -0.413 e. The van der Waals surface area contributed by atoms with Crippen molar-refractivity contribution in [1.82, 2.24) is 0 Å². The van der Waals surface area contributed by atoms with Gasteiger partial charge in [-0.25, -0.2) is 0 Å². The van der Waals surface area contributed by atoms with Gasteiger partial charge in [-0.3, -0.25) is 0 Å². The molecule has 0 spiro atoms. The molecular weight excluding hydrogens is 316 g/mol. The van der Waals surface area contributed by atoms with Crippen LogP contribution in [-0.4, -0.2) is 38.3 Å². The highest BCUT2D eigenvalue weighted by Gasteiger charge is 2.49. The summed E-state index contributed by atoms with van der Waals surface area (Å²) in [5.74, 6) is 0.875. The molecule has 0 aromatic carbocycles. The zero-order valence-electron chi connectivity index (χ0n) is 17.5. The molecule has 0 radical (unpaired) electrons. The summed E-state index contributed by atoms with van der Waals surface area (Å²) in [6.07, 6.45) is 2.23. The van der Waals surface area contributed by atoms with Gasteiger partial charge in [0, 0.05) is 12.3 Å². The standard InChI is InChI=1S/C20H42O3Si/c1-10-16(8)20-17(9)19(11-18(12-21)22-20)23-24(13(2)3,14(4)5)15(6)7/h13-21H,10-12H2,1-9H3/t16-,17-,18+,19-,20+/m0/s1. The van der Waals surface area contributed by atoms with Gasteiger partial charge in [-0.15, -0.1) is 0 Å². The highest BCUT2D eigenvalue weighted by molar-refractivity contribution is 6.77. The predicted molar refractivity (Wildman–Crippen MR) is 105 cm³/mol. The molecule has 1 rings (SSSR count). The van der Waals surface area contributed by atoms with E-state index in [2.05, 4.69) is 62.3 Å². The third-order valence-electron chi connectivity index (χ3n) is 6.42. The summed E-state index contributed by atoms with van der Waals surface area (Å²) in [7, 11) is -1.91. The lowest BCUT2D eigenvalue weighted by Gasteiger charge is -2.50. The van der Waals surface area contributed by atoms with E-state index in [1.54, 1.807) is 0 Å². The van der Waals surface area contributed by atoms with Gasteiger partial charge < -0.3 is 14.3 Å². The number of hydrogen-bond donors (Lipinski definition) is 1. The van der Waals surface area contributed by atoms with E-state index in [4.69, 9.17) is 9.16 Å². The topological polar surface area (TPSA) is 38.7 Å². The molecular formula is C20H42O3Si. The first-order valence-corrected chi connectivity index (χ1v) is 12.2. The van der Waals surface area contributed by atoms with Crippen LogP contribution in [0.1, 0.15) is 75.2 Å². The van der Waals surface area contributed by atoms with Crippen molar-refractivity contribution in [3.8, 4) is 0 Å². The second kappa shape index (κ2) is 9.16. The van der Waals surface area contributed by atoms with Crippen LogP contribution in [-0.2, 0) is 9.16 Å². The lowest BCUT2D eigenvalue weighted by molar-refractivity contribution is -0.157. The summed E-state index contributed by atoms with van der Waals surface area (Å²) in [4.78, 5) is 0. The van der Waals surface area contributed by atoms with Crippen LogP contribution in [0.5, 0.6) is 0 Å². The quantitative estimate of drug-likeness (QED) is 0.592. The third kappa shape index (κ3) is 4.43. The van der Waals surface area contributed by atoms with Crippen LogP contribution in [0.4, 0.5) is 0 Å². The van der Waals surface area contributed by atoms with Gasteiger partial charge in [-0.1, -0.05) is 68.7 Å². The number of rotatable bonds is 8. The molecule has 0 bridgehead atoms. The predicted octanol–water partition coefficient (Wildman–Crippen LogP) is 5.38. The average molecular weight is 359 g/mol. The van der Waals surface area contributed by atoms with Gasteiger partial charge in [0.2, 0.25) is 8.32 Å². The molecule has 1 fully saturated rings. The van der Waals surface area contributed by atoms with Gasteiger partial charge in [0.15, 0.2) is 0 Å². The maximum Gasteiger partial charge on any atom is 0.200 e. The smallest absolute Gasteiger partial charge is 0.200 e. The Kier molecular flexibility index (Phi) is 8.45. The van der Waals surface area contributed by atoms with Crippen molar-refractivity contribution in [2.45, 2.75) is 110 Å². The number of ether oxygens (including phenoxy) is 1. The molecule has 3 nitrogen and oxygen atoms in total. The minimum atomic E-state index is -1.91. The fourth-order valence-corrected chi connectivity index (χ4v) is 10.6. The fourth-order valence-electron chi connectivity index (χ4n) is 4.92. The van der Waals surface area contributed by atoms with Gasteiger partial charge in [0.25, 0.3) is 0 Å². The van der Waals surface area contributed by atoms with Gasteiger partial charge in [-0.2, -0.15) is 0 Å². The maximum atomic E-state index is 9.72. The molecule has 0 amide bonds. The molecule has 24 heavy (non-hydrogen) atoms. The van der Waals surface area contributed by atoms with Crippen LogP contribution in [0.3, 0.4) is 0 Å². The van der Waals surface area contributed by atoms with Crippen molar-refractivity contribution in [3.05, 3.63) is 0 Å². The molecule has 0 saturated carbocycles. The summed E-state index contributed by atoms with van der Waals surface area (Å²) >= 11 is 0. The summed E-state index contributed by atoms with van der Waals surface area (Å²) < 4.78 is 13.3. The van der Waals surface area contributed by atoms with Gasteiger partial charge >= 0.3 is 0 Å². The molecule has 4 heteroatoms. The van der Waals surface area contributed by atoms with E-state index >= 15 is 0 Å². The molecule has 1 N–H and O–H groups in total. The molecule has 144 valence electrons. The Morgan fingerprint density at radius 1 is 1.04 bits per heavy atom. The normalized spacial score (nSPS) is 30.4. The van der Waals surface area contributed by atoms with E-state index in [1.807, 2.05) is 0 Å². The molecule has 5 atom stereocenters. The van der Waals surface area contributed by atoms with Crippen molar-refractivity contribution in [2.75, 3.05) is 6.61 Å². The summed E-state index contributed by atoms with van der Waals surface area (Å²) in [6.45, 7) is 20.9. The van der Waals surface area contributed by atoms with Crippen LogP contribution < -0.4 is 0 Å². The highest BCUT2D eigenvalue weighted by atomic mass is 28.4. The Hall–Kier alpha value is 0.0969. The van der Waals surface area contributed by atoms with Crippen molar-refractivity contribution in [2.24, 2.45) is 11.8 Å². The lowest BCUT2D eigenvalue weighted by atomic mass is 9.83. The van der Waals surface area contributed by atoms with E-state index in [9.17, 15) is 5.11 Å². The monoisotopic (exact) mass is 358 g/mol. The van der Waals surface area contributed by atoms with Crippen LogP contribution in [0.2, 0.25) is 16.6 Å². The first kappa shape index (κ1) is 22.1. The highest BCUT2D eigenvalue weighted by Crippen LogP contribution is 2.45. The van der Waals surface area contributed by atoms with Crippen molar-refractivity contribution in [3.63, 3.8) is 0 Å². The Bertz CT molecular complexity index is 348. The number of aliphatic hydroxyl groups excluding tert-OH is 1. The van der Waals surface area contributed by atoms with E-state index < -0.39 is 8.32 Å². The van der Waals surface area contributed by atoms with Crippen LogP contribution in [0.25, 0.3) is 0 Å². The summed E-state index contributed by atoms with van der Waals surface area (Å²) in [5.41, 5.74) is 1.76. The molecule has 1 heterocycles. The summed E-state index contributed by atoms with van der Waals surface area (Å²) in [6, 6.07) is 0. The Morgan fingerprint density at radius 3 is 1.92 bits per heavy atom. The van der Waals surface area contributed by atoms with E-state index in [1.165, 1.54) is 0 Å². The van der Waals surface area contributed by atoms with Crippen LogP contribution in [0.15, 0.2) is 0 Å². The average Bonchev–Trinajstić information content (AvgIpc) is 2.51. The largest absolute Gasteiger partial charge is 0.413 e. The second-order valence-corrected chi connectivity index (χ2v) is 14.3. The number of hydrogen-bond acceptors (Lipinski definition) is 3. The lowest BCUT2D eigenvalue weighted by Crippen LogP contribution is -2.56. The Labute approximate surface area is 151 Å². The van der Waals surface area contributed by atoms with Crippen LogP contribution in [0, 0.1) is 11.8 Å². The molecule has 0 unspecified atom stereocenters. The Balaban J connectivity index is 3.11. The fraction of sp³-hybridized carbons (Fsp3) is 1.00. The van der Waals surface area contributed by atoms with Gasteiger partial charge in [-0.05, 0) is 22.5 Å². The molecule has 0 aromatic heterocycles. The molecule has 1 aliphatic rings. The number of aliphatic hydroxyl groups is 1. The van der Waals surface area contributed by atoms with Crippen molar-refractivity contribution in [1.29, 1.82) is 0 Å². The third-order valence-corrected chi connectivity index (χ3v) is 12.5. The second-order valence-electron chi connectivity index (χ2n) is 8.86. The maximum absolute atomic E-state index is 9.72. The molecule has 0 aliphatic carbocycles. The SMILES string of the molecule is CC[C@H](C)[C@H]1O[C@@H](CO)C[C@H](O[Si](C(C)C)(C(C)C)C(C)C)[C@@H]1C. The van der Waals surface area contributed by atoms with Gasteiger partial charge in [0.05, 0.1) is 24.9 Å². The minimum absolute atomic E-state index is 0.0802. The van der Waals surface area contributed by atoms with Crippen molar-refractivity contribution < 1.29 is 14.3 Å². The van der Waals surface area contributed by atoms with E-state index in [0.717, 1.165) is 12.8 Å². The van der Waals surface area contributed by atoms with Crippen molar-refractivity contribution >= 4 is 8.32 Å². The first-order chi connectivity index (χ1) is 11.1. The van der Waals surface area contributed by atoms with Crippen LogP contribution >= 0.6 is 0 Å². The summed E-state index contributed by atoms with van der Waals surface area (Å²) in [5, 5.41) is 9.72. The Morgan fingerprint density at radius 2 is 1.54 bits per heavy atom. The van der Waals surface area contributed by atoms with Gasteiger partial charge in [0.1, 0.15) is 0 Å². The zero-order chi connectivity index (χ0) is 18.7. The first-order valence-electron chi connectivity index (χ1n) is 10.1. The molecule has 1 aliphatic heterocycles. The van der Waals surface area contributed by atoms with E-state index in [0.29, 0.717) is 28.5 Å². The molecule has 0 aromatic rings.